The zero-order valence-electron chi connectivity index (χ0n) is 10.1. The minimum Gasteiger partial charge on any atom is -0.382 e. The lowest BCUT2D eigenvalue weighted by molar-refractivity contribution is 0.205. The molecule has 0 spiro atoms. The molecule has 3 nitrogen and oxygen atoms in total. The van der Waals surface area contributed by atoms with Gasteiger partial charge in [-0.2, -0.15) is 5.10 Å². The van der Waals surface area contributed by atoms with Crippen molar-refractivity contribution >= 4 is 34.2 Å². The molecule has 1 unspecified atom stereocenters. The summed E-state index contributed by atoms with van der Waals surface area (Å²) in [5.41, 5.74) is 1.56. The van der Waals surface area contributed by atoms with Gasteiger partial charge in [0.15, 0.2) is 0 Å². The third-order valence-electron chi connectivity index (χ3n) is 2.73. The molecule has 1 aromatic heterocycles. The van der Waals surface area contributed by atoms with Crippen LogP contribution in [0.15, 0.2) is 30.5 Å². The van der Waals surface area contributed by atoms with Crippen LogP contribution in [-0.4, -0.2) is 14.9 Å². The van der Waals surface area contributed by atoms with Gasteiger partial charge in [0.05, 0.1) is 10.7 Å². The first-order chi connectivity index (χ1) is 8.50. The van der Waals surface area contributed by atoms with Crippen molar-refractivity contribution in [3.63, 3.8) is 0 Å². The highest BCUT2D eigenvalue weighted by Crippen LogP contribution is 2.28. The van der Waals surface area contributed by atoms with Gasteiger partial charge in [-0.1, -0.05) is 17.7 Å². The minimum atomic E-state index is -0.704. The van der Waals surface area contributed by atoms with Gasteiger partial charge in [-0.25, -0.2) is 0 Å². The van der Waals surface area contributed by atoms with Crippen LogP contribution in [0.1, 0.15) is 37.3 Å². The van der Waals surface area contributed by atoms with Crippen LogP contribution in [0.4, 0.5) is 0 Å². The van der Waals surface area contributed by atoms with E-state index >= 15 is 0 Å². The molecule has 0 saturated heterocycles. The molecule has 2 aromatic rings. The van der Waals surface area contributed by atoms with E-state index in [1.165, 1.54) is 0 Å². The number of aliphatic hydroxyl groups is 1. The average molecular weight is 377 g/mol. The standard InChI is InChI=1S/C13H14ClIN2O/c1-8(2)17-12(5-6-16-17)13(18)9-3-4-11(15)10(14)7-9/h3-8,13,18H,1-2H3. The minimum absolute atomic E-state index is 0.212. The first-order valence-corrected chi connectivity index (χ1v) is 7.12. The maximum absolute atomic E-state index is 10.4. The molecule has 1 N–H and O–H groups in total. The van der Waals surface area contributed by atoms with Crippen LogP contribution >= 0.6 is 34.2 Å². The molecule has 96 valence electrons. The average Bonchev–Trinajstić information content (AvgIpc) is 2.81. The van der Waals surface area contributed by atoms with E-state index < -0.39 is 6.10 Å². The second-order valence-electron chi connectivity index (χ2n) is 4.37. The first kappa shape index (κ1) is 13.8. The molecule has 1 atom stereocenters. The van der Waals surface area contributed by atoms with Gasteiger partial charge in [0.2, 0.25) is 0 Å². The molecule has 5 heteroatoms. The van der Waals surface area contributed by atoms with Crippen molar-refractivity contribution in [3.8, 4) is 0 Å². The molecule has 0 fully saturated rings. The Morgan fingerprint density at radius 3 is 2.67 bits per heavy atom. The zero-order chi connectivity index (χ0) is 13.3. The number of hydrogen-bond acceptors (Lipinski definition) is 2. The van der Waals surface area contributed by atoms with Gasteiger partial charge >= 0.3 is 0 Å². The van der Waals surface area contributed by atoms with E-state index in [1.807, 2.05) is 36.7 Å². The summed E-state index contributed by atoms with van der Waals surface area (Å²) in [4.78, 5) is 0. The molecular weight excluding hydrogens is 363 g/mol. The second-order valence-corrected chi connectivity index (χ2v) is 5.94. The Morgan fingerprint density at radius 1 is 1.33 bits per heavy atom. The highest BCUT2D eigenvalue weighted by Gasteiger charge is 2.17. The highest BCUT2D eigenvalue weighted by molar-refractivity contribution is 14.1. The van der Waals surface area contributed by atoms with Crippen molar-refractivity contribution < 1.29 is 5.11 Å². The molecule has 0 aliphatic heterocycles. The van der Waals surface area contributed by atoms with E-state index in [-0.39, 0.29) is 6.04 Å². The summed E-state index contributed by atoms with van der Waals surface area (Å²) in [5, 5.41) is 15.3. The normalized spacial score (nSPS) is 13.0. The summed E-state index contributed by atoms with van der Waals surface area (Å²) < 4.78 is 2.79. The van der Waals surface area contributed by atoms with E-state index in [4.69, 9.17) is 11.6 Å². The van der Waals surface area contributed by atoms with Crippen LogP contribution < -0.4 is 0 Å². The van der Waals surface area contributed by atoms with Crippen LogP contribution in [-0.2, 0) is 0 Å². The monoisotopic (exact) mass is 376 g/mol. The molecular formula is C13H14ClIN2O. The van der Waals surface area contributed by atoms with E-state index in [0.717, 1.165) is 14.8 Å². The van der Waals surface area contributed by atoms with Gasteiger partial charge in [0.25, 0.3) is 0 Å². The molecule has 0 aliphatic rings. The summed E-state index contributed by atoms with van der Waals surface area (Å²) in [7, 11) is 0. The van der Waals surface area contributed by atoms with Crippen molar-refractivity contribution in [1.29, 1.82) is 0 Å². The topological polar surface area (TPSA) is 38.0 Å². The van der Waals surface area contributed by atoms with Gasteiger partial charge in [-0.05, 0) is 60.2 Å². The molecule has 0 bridgehead atoms. The van der Waals surface area contributed by atoms with E-state index in [1.54, 1.807) is 12.3 Å². The lowest BCUT2D eigenvalue weighted by Gasteiger charge is -2.16. The fourth-order valence-electron chi connectivity index (χ4n) is 1.83. The predicted octanol–water partition coefficient (Wildman–Crippen LogP) is 3.80. The predicted molar refractivity (Wildman–Crippen MR) is 80.8 cm³/mol. The Bertz CT molecular complexity index is 554. The van der Waals surface area contributed by atoms with E-state index in [0.29, 0.717) is 5.02 Å². The fraction of sp³-hybridized carbons (Fsp3) is 0.308. The molecule has 18 heavy (non-hydrogen) atoms. The van der Waals surface area contributed by atoms with Gasteiger partial charge in [0, 0.05) is 15.8 Å². The quantitative estimate of drug-likeness (QED) is 0.827. The van der Waals surface area contributed by atoms with Crippen molar-refractivity contribution in [2.45, 2.75) is 26.0 Å². The van der Waals surface area contributed by atoms with Crippen molar-refractivity contribution in [3.05, 3.63) is 50.3 Å². The van der Waals surface area contributed by atoms with Crippen LogP contribution in [0.2, 0.25) is 5.02 Å². The van der Waals surface area contributed by atoms with Crippen molar-refractivity contribution in [2.75, 3.05) is 0 Å². The Kier molecular flexibility index (Phi) is 4.29. The Balaban J connectivity index is 2.38. The number of hydrogen-bond donors (Lipinski definition) is 1. The number of aromatic nitrogens is 2. The summed E-state index contributed by atoms with van der Waals surface area (Å²) in [6.45, 7) is 4.06. The molecule has 2 rings (SSSR count). The molecule has 0 aliphatic carbocycles. The Labute approximate surface area is 125 Å². The van der Waals surface area contributed by atoms with E-state index in [2.05, 4.69) is 27.7 Å². The molecule has 0 radical (unpaired) electrons. The molecule has 1 aromatic carbocycles. The van der Waals surface area contributed by atoms with Crippen LogP contribution in [0, 0.1) is 3.57 Å². The van der Waals surface area contributed by atoms with Crippen LogP contribution in [0.3, 0.4) is 0 Å². The number of aliphatic hydroxyl groups excluding tert-OH is 1. The van der Waals surface area contributed by atoms with Gasteiger partial charge in [0.1, 0.15) is 6.10 Å². The number of nitrogens with zero attached hydrogens (tertiary/aromatic N) is 2. The van der Waals surface area contributed by atoms with Gasteiger partial charge in [-0.3, -0.25) is 4.68 Å². The highest BCUT2D eigenvalue weighted by atomic mass is 127. The van der Waals surface area contributed by atoms with Crippen molar-refractivity contribution in [1.82, 2.24) is 9.78 Å². The van der Waals surface area contributed by atoms with E-state index in [9.17, 15) is 5.11 Å². The summed E-state index contributed by atoms with van der Waals surface area (Å²) in [6, 6.07) is 7.62. The van der Waals surface area contributed by atoms with Crippen LogP contribution in [0.5, 0.6) is 0 Å². The second kappa shape index (κ2) is 5.59. The summed E-state index contributed by atoms with van der Waals surface area (Å²) in [5.74, 6) is 0. The van der Waals surface area contributed by atoms with Crippen LogP contribution in [0.25, 0.3) is 0 Å². The lowest BCUT2D eigenvalue weighted by atomic mass is 10.1. The smallest absolute Gasteiger partial charge is 0.121 e. The maximum Gasteiger partial charge on any atom is 0.121 e. The fourth-order valence-corrected chi connectivity index (χ4v) is 2.35. The molecule has 0 amide bonds. The largest absolute Gasteiger partial charge is 0.382 e. The third-order valence-corrected chi connectivity index (χ3v) is 4.30. The number of benzene rings is 1. The lowest BCUT2D eigenvalue weighted by Crippen LogP contribution is -2.12. The maximum atomic E-state index is 10.4. The first-order valence-electron chi connectivity index (χ1n) is 5.67. The van der Waals surface area contributed by atoms with Crippen molar-refractivity contribution in [2.24, 2.45) is 0 Å². The SMILES string of the molecule is CC(C)n1nccc1C(O)c1ccc(I)c(Cl)c1. The number of halogens is 2. The van der Waals surface area contributed by atoms with Gasteiger partial charge < -0.3 is 5.11 Å². The zero-order valence-corrected chi connectivity index (χ0v) is 13.1. The molecule has 1 heterocycles. The van der Waals surface area contributed by atoms with Gasteiger partial charge in [-0.15, -0.1) is 0 Å². The Hall–Kier alpha value is -0.590. The Morgan fingerprint density at radius 2 is 2.06 bits per heavy atom. The summed E-state index contributed by atoms with van der Waals surface area (Å²) >= 11 is 8.24. The summed E-state index contributed by atoms with van der Waals surface area (Å²) in [6.07, 6.45) is 0.997. The third kappa shape index (κ3) is 2.70. The number of rotatable bonds is 3. The molecule has 0 saturated carbocycles.